The van der Waals surface area contributed by atoms with Gasteiger partial charge in [0.25, 0.3) is 0 Å². The number of nitrogens with zero attached hydrogens (tertiary/aromatic N) is 3. The number of benzene rings is 1. The van der Waals surface area contributed by atoms with Crippen LogP contribution in [0.3, 0.4) is 0 Å². The molecule has 0 spiro atoms. The lowest BCUT2D eigenvalue weighted by molar-refractivity contribution is 1.43. The second-order valence-electron chi connectivity index (χ2n) is 2.95. The summed E-state index contributed by atoms with van der Waals surface area (Å²) >= 11 is 0. The Hall–Kier alpha value is -2.57. The van der Waals surface area contributed by atoms with Gasteiger partial charge in [-0.25, -0.2) is 0 Å². The molecule has 0 bridgehead atoms. The van der Waals surface area contributed by atoms with Gasteiger partial charge < -0.3 is 0 Å². The van der Waals surface area contributed by atoms with Crippen molar-refractivity contribution in [2.45, 2.75) is 6.92 Å². The number of hydrogen-bond donors (Lipinski definition) is 0. The number of aryl methyl sites for hydroxylation is 1. The lowest BCUT2D eigenvalue weighted by Gasteiger charge is -1.98. The van der Waals surface area contributed by atoms with Crippen LogP contribution in [0.2, 0.25) is 0 Å². The van der Waals surface area contributed by atoms with Gasteiger partial charge in [0.15, 0.2) is 0 Å². The molecular weight excluding hydrogens is 186 g/mol. The molecule has 0 heterocycles. The molecule has 0 unspecified atom stereocenters. The van der Waals surface area contributed by atoms with Crippen molar-refractivity contribution in [1.82, 2.24) is 0 Å². The average Bonchev–Trinajstić information content (AvgIpc) is 2.27. The third-order valence-corrected chi connectivity index (χ3v) is 1.93. The van der Waals surface area contributed by atoms with Gasteiger partial charge in [0.2, 0.25) is 0 Å². The van der Waals surface area contributed by atoms with E-state index in [0.717, 1.165) is 5.56 Å². The van der Waals surface area contributed by atoms with Gasteiger partial charge in [-0.2, -0.15) is 15.8 Å². The minimum Gasteiger partial charge on any atom is -0.192 e. The largest absolute Gasteiger partial charge is 0.192 e. The molecule has 0 aromatic heterocycles. The average molecular weight is 193 g/mol. The summed E-state index contributed by atoms with van der Waals surface area (Å²) < 4.78 is 0. The highest BCUT2D eigenvalue weighted by Crippen LogP contribution is 2.17. The van der Waals surface area contributed by atoms with Crippen LogP contribution in [0.1, 0.15) is 11.1 Å². The van der Waals surface area contributed by atoms with E-state index in [1.807, 2.05) is 25.1 Å². The molecule has 0 fully saturated rings. The molecule has 70 valence electrons. The highest BCUT2D eigenvalue weighted by Gasteiger charge is 2.07. The zero-order valence-corrected chi connectivity index (χ0v) is 8.15. The number of nitriles is 3. The fourth-order valence-electron chi connectivity index (χ4n) is 1.12. The van der Waals surface area contributed by atoms with Crippen LogP contribution in [0, 0.1) is 40.9 Å². The maximum absolute atomic E-state index is 8.87. The SMILES string of the molecule is Cc1ccc(C(C#N)=C(C#N)C#N)cc1. The van der Waals surface area contributed by atoms with Crippen molar-refractivity contribution in [1.29, 1.82) is 15.8 Å². The summed E-state index contributed by atoms with van der Waals surface area (Å²) in [6.07, 6.45) is 0. The third-order valence-electron chi connectivity index (χ3n) is 1.93. The van der Waals surface area contributed by atoms with E-state index in [-0.39, 0.29) is 11.1 Å². The van der Waals surface area contributed by atoms with Gasteiger partial charge in [-0.1, -0.05) is 29.8 Å². The van der Waals surface area contributed by atoms with Gasteiger partial charge in [-0.05, 0) is 12.5 Å². The summed E-state index contributed by atoms with van der Waals surface area (Å²) in [6, 6.07) is 12.4. The molecule has 15 heavy (non-hydrogen) atoms. The normalized spacial score (nSPS) is 8.13. The molecule has 0 aliphatic heterocycles. The topological polar surface area (TPSA) is 71.4 Å². The van der Waals surface area contributed by atoms with Crippen molar-refractivity contribution in [3.05, 3.63) is 41.0 Å². The fraction of sp³-hybridized carbons (Fsp3) is 0.0833. The molecule has 1 rings (SSSR count). The van der Waals surface area contributed by atoms with Crippen LogP contribution in [-0.2, 0) is 0 Å². The lowest BCUT2D eigenvalue weighted by atomic mass is 10.0. The Labute approximate surface area is 88.1 Å². The van der Waals surface area contributed by atoms with E-state index in [1.165, 1.54) is 0 Å². The van der Waals surface area contributed by atoms with Gasteiger partial charge >= 0.3 is 0 Å². The van der Waals surface area contributed by atoms with E-state index in [9.17, 15) is 0 Å². The summed E-state index contributed by atoms with van der Waals surface area (Å²) in [5, 5.41) is 26.2. The molecule has 0 N–H and O–H groups in total. The van der Waals surface area contributed by atoms with E-state index in [0.29, 0.717) is 5.56 Å². The van der Waals surface area contributed by atoms with Crippen LogP contribution < -0.4 is 0 Å². The monoisotopic (exact) mass is 193 g/mol. The zero-order chi connectivity index (χ0) is 11.3. The van der Waals surface area contributed by atoms with Crippen LogP contribution in [0.5, 0.6) is 0 Å². The van der Waals surface area contributed by atoms with Crippen molar-refractivity contribution in [2.75, 3.05) is 0 Å². The highest BCUT2D eigenvalue weighted by atomic mass is 14.3. The third kappa shape index (κ3) is 2.21. The van der Waals surface area contributed by atoms with E-state index >= 15 is 0 Å². The maximum Gasteiger partial charge on any atom is 0.148 e. The van der Waals surface area contributed by atoms with Gasteiger partial charge in [-0.15, -0.1) is 0 Å². The standard InChI is InChI=1S/C12H7N3/c1-9-2-4-10(5-3-9)12(8-15)11(6-13)7-14/h2-5H,1H3. The molecule has 0 atom stereocenters. The van der Waals surface area contributed by atoms with Crippen molar-refractivity contribution in [2.24, 2.45) is 0 Å². The molecule has 1 aromatic carbocycles. The first-order valence-corrected chi connectivity index (χ1v) is 4.24. The molecule has 1 aromatic rings. The minimum absolute atomic E-state index is 0.125. The molecule has 0 amide bonds. The quantitative estimate of drug-likeness (QED) is 0.642. The second-order valence-corrected chi connectivity index (χ2v) is 2.95. The summed E-state index contributed by atoms with van der Waals surface area (Å²) in [5.74, 6) is 0. The first-order valence-electron chi connectivity index (χ1n) is 4.24. The molecule has 0 saturated carbocycles. The Balaban J connectivity index is 3.35. The summed E-state index contributed by atoms with van der Waals surface area (Å²) in [5.41, 5.74) is 1.63. The molecule has 0 radical (unpaired) electrons. The smallest absolute Gasteiger partial charge is 0.148 e. The van der Waals surface area contributed by atoms with E-state index in [2.05, 4.69) is 0 Å². The predicted molar refractivity (Wildman–Crippen MR) is 54.9 cm³/mol. The Morgan fingerprint density at radius 3 is 1.87 bits per heavy atom. The van der Waals surface area contributed by atoms with Crippen LogP contribution in [-0.4, -0.2) is 0 Å². The molecule has 3 heteroatoms. The number of rotatable bonds is 1. The molecule has 3 nitrogen and oxygen atoms in total. The summed E-state index contributed by atoms with van der Waals surface area (Å²) in [4.78, 5) is 0. The first kappa shape index (κ1) is 10.5. The summed E-state index contributed by atoms with van der Waals surface area (Å²) in [7, 11) is 0. The van der Waals surface area contributed by atoms with Crippen LogP contribution in [0.15, 0.2) is 29.8 Å². The van der Waals surface area contributed by atoms with Crippen LogP contribution in [0.25, 0.3) is 5.57 Å². The predicted octanol–water partition coefficient (Wildman–Crippen LogP) is 2.32. The van der Waals surface area contributed by atoms with E-state index in [4.69, 9.17) is 15.8 Å². The Bertz CT molecular complexity index is 500. The highest BCUT2D eigenvalue weighted by molar-refractivity contribution is 5.84. The van der Waals surface area contributed by atoms with Crippen molar-refractivity contribution in [3.63, 3.8) is 0 Å². The molecule has 0 saturated heterocycles. The molecule has 0 aliphatic rings. The second kappa shape index (κ2) is 4.61. The number of allylic oxidation sites excluding steroid dienone is 2. The fourth-order valence-corrected chi connectivity index (χ4v) is 1.12. The van der Waals surface area contributed by atoms with E-state index in [1.54, 1.807) is 24.3 Å². The zero-order valence-electron chi connectivity index (χ0n) is 8.15. The Kier molecular flexibility index (Phi) is 3.23. The van der Waals surface area contributed by atoms with Crippen LogP contribution >= 0.6 is 0 Å². The lowest BCUT2D eigenvalue weighted by Crippen LogP contribution is -1.86. The first-order chi connectivity index (χ1) is 7.22. The van der Waals surface area contributed by atoms with E-state index < -0.39 is 0 Å². The van der Waals surface area contributed by atoms with Crippen molar-refractivity contribution < 1.29 is 0 Å². The molecular formula is C12H7N3. The Morgan fingerprint density at radius 1 is 0.933 bits per heavy atom. The minimum atomic E-state index is -0.152. The van der Waals surface area contributed by atoms with Gasteiger partial charge in [0.1, 0.15) is 23.8 Å². The van der Waals surface area contributed by atoms with Gasteiger partial charge in [-0.3, -0.25) is 0 Å². The maximum atomic E-state index is 8.87. The van der Waals surface area contributed by atoms with Crippen molar-refractivity contribution >= 4 is 5.57 Å². The van der Waals surface area contributed by atoms with Gasteiger partial charge in [0.05, 0.1) is 5.57 Å². The van der Waals surface area contributed by atoms with Crippen LogP contribution in [0.4, 0.5) is 0 Å². The summed E-state index contributed by atoms with van der Waals surface area (Å²) in [6.45, 7) is 1.93. The van der Waals surface area contributed by atoms with Gasteiger partial charge in [0, 0.05) is 0 Å². The Morgan fingerprint density at radius 2 is 1.47 bits per heavy atom. The number of hydrogen-bond acceptors (Lipinski definition) is 3. The van der Waals surface area contributed by atoms with Crippen molar-refractivity contribution in [3.8, 4) is 18.2 Å². The molecule has 0 aliphatic carbocycles.